The second-order valence-corrected chi connectivity index (χ2v) is 11.3. The number of thiocarbonyl (C=S) groups is 1. The fourth-order valence-corrected chi connectivity index (χ4v) is 7.13. The number of nitrogen functional groups attached to an aromatic ring is 1. The third kappa shape index (κ3) is 5.03. The van der Waals surface area contributed by atoms with Gasteiger partial charge in [0, 0.05) is 16.0 Å². The summed E-state index contributed by atoms with van der Waals surface area (Å²) in [5.41, 5.74) is 11.0. The van der Waals surface area contributed by atoms with Crippen LogP contribution in [0.15, 0.2) is 25.3 Å². The lowest BCUT2D eigenvalue weighted by atomic mass is 10.0. The van der Waals surface area contributed by atoms with Crippen LogP contribution in [0.1, 0.15) is 11.4 Å². The number of carboxylic acids is 1. The van der Waals surface area contributed by atoms with Crippen molar-refractivity contribution in [2.45, 2.75) is 22.2 Å². The second kappa shape index (κ2) is 10.3. The van der Waals surface area contributed by atoms with Crippen LogP contribution in [0.3, 0.4) is 0 Å². The number of aromatic nitrogens is 3. The minimum atomic E-state index is -1.29. The minimum Gasteiger partial charge on any atom is -0.477 e. The van der Waals surface area contributed by atoms with Gasteiger partial charge in [-0.1, -0.05) is 21.4 Å². The molecular formula is C16H15N9O5S5. The molecule has 0 bridgehead atoms. The van der Waals surface area contributed by atoms with Crippen molar-refractivity contribution in [3.8, 4) is 0 Å². The molecule has 14 nitrogen and oxygen atoms in total. The summed E-state index contributed by atoms with van der Waals surface area (Å²) in [4.78, 5) is 43.0. The lowest BCUT2D eigenvalue weighted by Gasteiger charge is -2.49. The van der Waals surface area contributed by atoms with Crippen molar-refractivity contribution in [3.05, 3.63) is 27.4 Å². The summed E-state index contributed by atoms with van der Waals surface area (Å²) in [6, 6.07) is -1.02. The van der Waals surface area contributed by atoms with E-state index in [9.17, 15) is 24.7 Å². The Morgan fingerprint density at radius 1 is 1.43 bits per heavy atom. The zero-order chi connectivity index (χ0) is 25.3. The highest BCUT2D eigenvalue weighted by Crippen LogP contribution is 2.46. The smallest absolute Gasteiger partial charge is 0.353 e. The van der Waals surface area contributed by atoms with Crippen molar-refractivity contribution in [2.24, 2.45) is 10.9 Å². The molecule has 2 aliphatic heterocycles. The van der Waals surface area contributed by atoms with E-state index in [0.29, 0.717) is 14.8 Å². The van der Waals surface area contributed by atoms with Gasteiger partial charge < -0.3 is 32.4 Å². The number of aliphatic carboxylic acids is 1. The summed E-state index contributed by atoms with van der Waals surface area (Å²) in [5.74, 6) is -2.48. The van der Waals surface area contributed by atoms with Gasteiger partial charge in [0.25, 0.3) is 11.8 Å². The molecule has 2 aromatic rings. The third-order valence-corrected chi connectivity index (χ3v) is 8.99. The maximum absolute atomic E-state index is 12.9. The summed E-state index contributed by atoms with van der Waals surface area (Å²) in [7, 11) is 0. The standard InChI is InChI=1S/C16H15N9O5S5/c17-15(31)19-1-4-14(35-24-22-4)34-6-3-32-12-8(11(27)25(12)9(6)13(28)29)21-10(26)7(23-30)5-2-33-16(18)20-5/h2,8,12,30H,1,3H2,(H2,18,20)(H,21,26)(H,28,29)(H3,17,19,31)/b23-7-/t8-,12-/m1/s1. The number of nitrogens with one attached hydrogen (secondary N) is 2. The third-order valence-electron chi connectivity index (χ3n) is 4.67. The van der Waals surface area contributed by atoms with Crippen LogP contribution in [0.2, 0.25) is 0 Å². The fraction of sp³-hybridized carbons (Fsp3) is 0.250. The first-order valence-corrected chi connectivity index (χ1v) is 13.3. The highest BCUT2D eigenvalue weighted by molar-refractivity contribution is 8.07. The van der Waals surface area contributed by atoms with Gasteiger partial charge in [-0.05, 0) is 23.8 Å². The first-order chi connectivity index (χ1) is 16.7. The summed E-state index contributed by atoms with van der Waals surface area (Å²) < 4.78 is 4.52. The number of oxime groups is 1. The molecule has 2 atom stereocenters. The van der Waals surface area contributed by atoms with Crippen LogP contribution in [0, 0.1) is 0 Å². The molecule has 19 heteroatoms. The van der Waals surface area contributed by atoms with E-state index in [2.05, 4.69) is 30.4 Å². The molecule has 0 radical (unpaired) electrons. The molecule has 0 saturated carbocycles. The van der Waals surface area contributed by atoms with Crippen molar-refractivity contribution in [2.75, 3.05) is 11.5 Å². The molecule has 35 heavy (non-hydrogen) atoms. The SMILES string of the molecule is NC(=S)NCc1nnsc1SC1=C(C(=O)O)N2C(=O)[C@@H](NC(=O)/C(=N\O)c3csc(N)n3)[C@H]2SC1. The first kappa shape index (κ1) is 25.1. The van der Waals surface area contributed by atoms with Gasteiger partial charge in [0.05, 0.1) is 6.54 Å². The summed E-state index contributed by atoms with van der Waals surface area (Å²) in [6.07, 6.45) is 0. The van der Waals surface area contributed by atoms with Crippen LogP contribution in [0.4, 0.5) is 5.13 Å². The van der Waals surface area contributed by atoms with Crippen LogP contribution in [0.5, 0.6) is 0 Å². The maximum atomic E-state index is 12.9. The molecular weight excluding hydrogens is 559 g/mol. The number of thiazole rings is 1. The van der Waals surface area contributed by atoms with E-state index in [0.717, 1.165) is 39.5 Å². The Morgan fingerprint density at radius 2 is 2.20 bits per heavy atom. The average Bonchev–Trinajstić information content (AvgIpc) is 3.44. The zero-order valence-electron chi connectivity index (χ0n) is 17.2. The van der Waals surface area contributed by atoms with Crippen LogP contribution in [0.25, 0.3) is 0 Å². The molecule has 2 amide bonds. The number of thioether (sulfide) groups is 2. The first-order valence-electron chi connectivity index (χ1n) is 9.39. The van der Waals surface area contributed by atoms with Crippen molar-refractivity contribution in [1.82, 2.24) is 30.1 Å². The van der Waals surface area contributed by atoms with Gasteiger partial charge in [-0.3, -0.25) is 14.5 Å². The second-order valence-electron chi connectivity index (χ2n) is 6.78. The Balaban J connectivity index is 1.51. The van der Waals surface area contributed by atoms with Gasteiger partial charge in [-0.2, -0.15) is 0 Å². The average molecular weight is 574 g/mol. The molecule has 2 aliphatic rings. The molecule has 0 unspecified atom stereocenters. The number of fused-ring (bicyclic) bond motifs is 1. The van der Waals surface area contributed by atoms with Crippen LogP contribution in [-0.2, 0) is 20.9 Å². The number of amides is 2. The number of nitrogens with two attached hydrogens (primary N) is 2. The summed E-state index contributed by atoms with van der Waals surface area (Å²) in [6.45, 7) is 0.218. The molecule has 0 aliphatic carbocycles. The molecule has 8 N–H and O–H groups in total. The molecule has 0 aromatic carbocycles. The number of β-lactam (4-membered cyclic amide) rings is 1. The molecule has 1 fully saturated rings. The van der Waals surface area contributed by atoms with Gasteiger partial charge in [-0.25, -0.2) is 9.78 Å². The minimum absolute atomic E-state index is 0.0519. The van der Waals surface area contributed by atoms with Crippen molar-refractivity contribution in [1.29, 1.82) is 0 Å². The van der Waals surface area contributed by atoms with Crippen LogP contribution >= 0.6 is 58.6 Å². The van der Waals surface area contributed by atoms with Gasteiger partial charge >= 0.3 is 5.97 Å². The number of hydrogen-bond acceptors (Lipinski definition) is 14. The summed E-state index contributed by atoms with van der Waals surface area (Å²) >= 11 is 9.34. The molecule has 4 rings (SSSR count). The lowest BCUT2D eigenvalue weighted by Crippen LogP contribution is -2.71. The molecule has 1 saturated heterocycles. The van der Waals surface area contributed by atoms with Crippen LogP contribution < -0.4 is 22.1 Å². The van der Waals surface area contributed by atoms with E-state index in [1.807, 2.05) is 0 Å². The maximum Gasteiger partial charge on any atom is 0.353 e. The van der Waals surface area contributed by atoms with Crippen molar-refractivity contribution < 1.29 is 24.7 Å². The van der Waals surface area contributed by atoms with Gasteiger partial charge in [0.1, 0.15) is 32.7 Å². The fourth-order valence-electron chi connectivity index (χ4n) is 3.16. The molecule has 184 valence electrons. The number of carbonyl (C=O) groups excluding carboxylic acids is 2. The van der Waals surface area contributed by atoms with Crippen molar-refractivity contribution in [3.63, 3.8) is 0 Å². The highest BCUT2D eigenvalue weighted by Gasteiger charge is 2.54. The Kier molecular flexibility index (Phi) is 7.40. The van der Waals surface area contributed by atoms with E-state index >= 15 is 0 Å². The summed E-state index contributed by atoms with van der Waals surface area (Å²) in [5, 5.41) is 32.4. The number of carbonyl (C=O) groups is 3. The number of carboxylic acid groups (broad SMARTS) is 1. The van der Waals surface area contributed by atoms with E-state index in [1.54, 1.807) is 0 Å². The number of nitrogens with zero attached hydrogens (tertiary/aromatic N) is 5. The van der Waals surface area contributed by atoms with Gasteiger partial charge in [-0.15, -0.1) is 28.2 Å². The number of hydrogen-bond donors (Lipinski definition) is 6. The Bertz CT molecular complexity index is 1270. The van der Waals surface area contributed by atoms with E-state index in [-0.39, 0.29) is 33.9 Å². The zero-order valence-corrected chi connectivity index (χ0v) is 21.3. The van der Waals surface area contributed by atoms with E-state index in [1.165, 1.54) is 17.1 Å². The van der Waals surface area contributed by atoms with Gasteiger partial charge in [0.15, 0.2) is 16.0 Å². The predicted octanol–water partition coefficient (Wildman–Crippen LogP) is -0.423. The highest BCUT2D eigenvalue weighted by atomic mass is 32.2. The molecule has 4 heterocycles. The normalized spacial score (nSPS) is 19.7. The predicted molar refractivity (Wildman–Crippen MR) is 134 cm³/mol. The Labute approximate surface area is 218 Å². The number of rotatable bonds is 8. The largest absolute Gasteiger partial charge is 0.477 e. The molecule has 0 spiro atoms. The quantitative estimate of drug-likeness (QED) is 0.0776. The van der Waals surface area contributed by atoms with Crippen LogP contribution in [-0.4, -0.2) is 75.6 Å². The van der Waals surface area contributed by atoms with Crippen molar-refractivity contribution >= 4 is 92.4 Å². The Hall–Kier alpha value is -3.00. The monoisotopic (exact) mass is 573 g/mol. The number of anilines is 1. The molecule has 2 aromatic heterocycles. The topological polar surface area (TPSA) is 222 Å². The van der Waals surface area contributed by atoms with E-state index in [4.69, 9.17) is 23.7 Å². The Morgan fingerprint density at radius 3 is 2.83 bits per heavy atom. The van der Waals surface area contributed by atoms with E-state index < -0.39 is 34.9 Å². The van der Waals surface area contributed by atoms with Gasteiger partial charge in [0.2, 0.25) is 0 Å². The lowest BCUT2D eigenvalue weighted by molar-refractivity contribution is -0.150.